The molecule has 2 aromatic rings. The van der Waals surface area contributed by atoms with Crippen LogP contribution in [0.2, 0.25) is 0 Å². The standard InChI is InChI=1S/C23H24O4/c1-14-15(2)22-19(16(3)21(14)26-17(4)24)13-23(5,27-22)20(25)12-11-18-9-7-6-8-10-18/h6-12H,13H2,1-5H3/b12-11+. The number of hydrogen-bond acceptors (Lipinski definition) is 4. The number of benzene rings is 2. The Morgan fingerprint density at radius 2 is 1.74 bits per heavy atom. The molecule has 0 aromatic heterocycles. The minimum atomic E-state index is -0.968. The van der Waals surface area contributed by atoms with Crippen LogP contribution in [0.25, 0.3) is 6.08 Å². The third-order valence-electron chi connectivity index (χ3n) is 5.15. The molecule has 1 atom stereocenters. The molecule has 0 spiro atoms. The molecule has 140 valence electrons. The van der Waals surface area contributed by atoms with Crippen molar-refractivity contribution in [2.24, 2.45) is 0 Å². The maximum absolute atomic E-state index is 12.9. The van der Waals surface area contributed by atoms with Gasteiger partial charge in [-0.15, -0.1) is 0 Å². The van der Waals surface area contributed by atoms with Crippen molar-refractivity contribution in [3.05, 3.63) is 64.2 Å². The lowest BCUT2D eigenvalue weighted by atomic mass is 9.90. The Bertz CT molecular complexity index is 941. The molecule has 2 aromatic carbocycles. The van der Waals surface area contributed by atoms with Gasteiger partial charge in [-0.05, 0) is 56.0 Å². The van der Waals surface area contributed by atoms with Gasteiger partial charge in [0, 0.05) is 18.9 Å². The van der Waals surface area contributed by atoms with Gasteiger partial charge in [-0.3, -0.25) is 9.59 Å². The van der Waals surface area contributed by atoms with Crippen LogP contribution in [0.3, 0.4) is 0 Å². The Morgan fingerprint density at radius 1 is 1.07 bits per heavy atom. The van der Waals surface area contributed by atoms with Crippen LogP contribution < -0.4 is 9.47 Å². The molecule has 0 aliphatic carbocycles. The van der Waals surface area contributed by atoms with Crippen molar-refractivity contribution in [2.75, 3.05) is 0 Å². The highest BCUT2D eigenvalue weighted by Gasteiger charge is 2.43. The Kier molecular flexibility index (Phi) is 4.92. The predicted octanol–water partition coefficient (Wildman–Crippen LogP) is 4.51. The fourth-order valence-corrected chi connectivity index (χ4v) is 3.45. The summed E-state index contributed by atoms with van der Waals surface area (Å²) in [7, 11) is 0. The average molecular weight is 364 g/mol. The lowest BCUT2D eigenvalue weighted by Gasteiger charge is -2.21. The molecule has 0 amide bonds. The summed E-state index contributed by atoms with van der Waals surface area (Å²) in [5, 5.41) is 0. The maximum Gasteiger partial charge on any atom is 0.308 e. The molecule has 3 rings (SSSR count). The van der Waals surface area contributed by atoms with Gasteiger partial charge >= 0.3 is 5.97 Å². The van der Waals surface area contributed by atoms with Gasteiger partial charge < -0.3 is 9.47 Å². The molecule has 0 bridgehead atoms. The Labute approximate surface area is 159 Å². The summed E-state index contributed by atoms with van der Waals surface area (Å²) in [6.07, 6.45) is 3.82. The summed E-state index contributed by atoms with van der Waals surface area (Å²) in [5.74, 6) is 0.848. The van der Waals surface area contributed by atoms with Crippen molar-refractivity contribution in [3.63, 3.8) is 0 Å². The van der Waals surface area contributed by atoms with Crippen molar-refractivity contribution in [1.29, 1.82) is 0 Å². The van der Waals surface area contributed by atoms with Crippen LogP contribution in [0.4, 0.5) is 0 Å². The molecular weight excluding hydrogens is 340 g/mol. The number of hydrogen-bond donors (Lipinski definition) is 0. The highest BCUT2D eigenvalue weighted by atomic mass is 16.5. The van der Waals surface area contributed by atoms with E-state index in [1.54, 1.807) is 12.2 Å². The normalized spacial score (nSPS) is 18.3. The Balaban J connectivity index is 1.93. The largest absolute Gasteiger partial charge is 0.478 e. The van der Waals surface area contributed by atoms with E-state index in [0.29, 0.717) is 12.2 Å². The highest BCUT2D eigenvalue weighted by Crippen LogP contribution is 2.45. The van der Waals surface area contributed by atoms with Crippen molar-refractivity contribution in [2.45, 2.75) is 46.6 Å². The van der Waals surface area contributed by atoms with Gasteiger partial charge in [0.05, 0.1) is 0 Å². The average Bonchev–Trinajstić information content (AvgIpc) is 3.01. The first-order chi connectivity index (χ1) is 12.7. The first-order valence-corrected chi connectivity index (χ1v) is 9.00. The number of fused-ring (bicyclic) bond motifs is 1. The lowest BCUT2D eigenvalue weighted by molar-refractivity contribution is -0.132. The van der Waals surface area contributed by atoms with Gasteiger partial charge in [-0.1, -0.05) is 36.4 Å². The van der Waals surface area contributed by atoms with Crippen LogP contribution in [-0.2, 0) is 16.0 Å². The minimum absolute atomic E-state index is 0.0898. The Hall–Kier alpha value is -2.88. The zero-order chi connectivity index (χ0) is 19.8. The number of rotatable bonds is 4. The van der Waals surface area contributed by atoms with Gasteiger partial charge in [-0.2, -0.15) is 0 Å². The second-order valence-corrected chi connectivity index (χ2v) is 7.22. The first kappa shape index (κ1) is 18.9. The first-order valence-electron chi connectivity index (χ1n) is 9.00. The summed E-state index contributed by atoms with van der Waals surface area (Å²) in [6, 6.07) is 9.68. The molecule has 4 nitrogen and oxygen atoms in total. The molecule has 1 aliphatic rings. The topological polar surface area (TPSA) is 52.6 Å². The maximum atomic E-state index is 12.9. The van der Waals surface area contributed by atoms with Crippen LogP contribution >= 0.6 is 0 Å². The summed E-state index contributed by atoms with van der Waals surface area (Å²) in [5.41, 5.74) is 3.54. The Morgan fingerprint density at radius 3 is 2.37 bits per heavy atom. The summed E-state index contributed by atoms with van der Waals surface area (Å²) >= 11 is 0. The summed E-state index contributed by atoms with van der Waals surface area (Å²) in [6.45, 7) is 8.93. The number of ether oxygens (including phenoxy) is 2. The van der Waals surface area contributed by atoms with E-state index in [-0.39, 0.29) is 11.8 Å². The molecule has 1 unspecified atom stereocenters. The third-order valence-corrected chi connectivity index (χ3v) is 5.15. The van der Waals surface area contributed by atoms with Gasteiger partial charge in [0.1, 0.15) is 11.5 Å². The van der Waals surface area contributed by atoms with Crippen molar-refractivity contribution >= 4 is 17.8 Å². The van der Waals surface area contributed by atoms with Crippen molar-refractivity contribution < 1.29 is 19.1 Å². The van der Waals surface area contributed by atoms with Gasteiger partial charge in [-0.25, -0.2) is 0 Å². The summed E-state index contributed by atoms with van der Waals surface area (Å²) in [4.78, 5) is 24.3. The second kappa shape index (κ2) is 7.03. The smallest absolute Gasteiger partial charge is 0.308 e. The van der Waals surface area contributed by atoms with Crippen LogP contribution in [0.15, 0.2) is 36.4 Å². The molecule has 0 saturated carbocycles. The highest BCUT2D eigenvalue weighted by molar-refractivity contribution is 6.01. The zero-order valence-corrected chi connectivity index (χ0v) is 16.4. The van der Waals surface area contributed by atoms with Gasteiger partial charge in [0.25, 0.3) is 0 Å². The molecule has 0 saturated heterocycles. The monoisotopic (exact) mass is 364 g/mol. The molecule has 0 fully saturated rings. The fourth-order valence-electron chi connectivity index (χ4n) is 3.45. The van der Waals surface area contributed by atoms with E-state index in [1.165, 1.54) is 6.92 Å². The molecule has 4 heteroatoms. The number of carbonyl (C=O) groups excluding carboxylic acids is 2. The molecule has 1 heterocycles. The predicted molar refractivity (Wildman–Crippen MR) is 105 cm³/mol. The molecule has 0 radical (unpaired) electrons. The van der Waals surface area contributed by atoms with E-state index in [1.807, 2.05) is 58.0 Å². The van der Waals surface area contributed by atoms with Crippen molar-refractivity contribution in [1.82, 2.24) is 0 Å². The summed E-state index contributed by atoms with van der Waals surface area (Å²) < 4.78 is 11.6. The number of esters is 1. The van der Waals surface area contributed by atoms with E-state index in [0.717, 1.165) is 33.6 Å². The number of carbonyl (C=O) groups is 2. The number of ketones is 1. The third kappa shape index (κ3) is 3.52. The van der Waals surface area contributed by atoms with Gasteiger partial charge in [0.15, 0.2) is 11.4 Å². The lowest BCUT2D eigenvalue weighted by Crippen LogP contribution is -2.39. The van der Waals surface area contributed by atoms with E-state index < -0.39 is 5.60 Å². The fraction of sp³-hybridized carbons (Fsp3) is 0.304. The van der Waals surface area contributed by atoms with Crippen molar-refractivity contribution in [3.8, 4) is 11.5 Å². The molecule has 0 N–H and O–H groups in total. The van der Waals surface area contributed by atoms with Crippen LogP contribution in [-0.4, -0.2) is 17.4 Å². The van der Waals surface area contributed by atoms with Crippen LogP contribution in [0, 0.1) is 20.8 Å². The zero-order valence-electron chi connectivity index (χ0n) is 16.4. The molecular formula is C23H24O4. The quantitative estimate of drug-likeness (QED) is 0.455. The second-order valence-electron chi connectivity index (χ2n) is 7.22. The van der Waals surface area contributed by atoms with E-state index in [9.17, 15) is 9.59 Å². The van der Waals surface area contributed by atoms with Crippen LogP contribution in [0.5, 0.6) is 11.5 Å². The van der Waals surface area contributed by atoms with E-state index in [4.69, 9.17) is 9.47 Å². The van der Waals surface area contributed by atoms with Gasteiger partial charge in [0.2, 0.25) is 0 Å². The molecule has 1 aliphatic heterocycles. The van der Waals surface area contributed by atoms with E-state index in [2.05, 4.69) is 0 Å². The SMILES string of the molecule is CC(=O)Oc1c(C)c(C)c2c(c1C)CC(C)(C(=O)/C=C/c1ccccc1)O2. The van der Waals surface area contributed by atoms with Crippen LogP contribution in [0.1, 0.15) is 41.7 Å². The minimum Gasteiger partial charge on any atom is -0.478 e. The molecule has 27 heavy (non-hydrogen) atoms. The van der Waals surface area contributed by atoms with E-state index >= 15 is 0 Å².